The molecule has 1 unspecified atom stereocenters. The molecule has 1 fully saturated rings. The Labute approximate surface area is 102 Å². The highest BCUT2D eigenvalue weighted by Gasteiger charge is 2.39. The highest BCUT2D eigenvalue weighted by atomic mass is 16.4. The van der Waals surface area contributed by atoms with E-state index in [0.29, 0.717) is 25.9 Å². The van der Waals surface area contributed by atoms with Crippen molar-refractivity contribution in [3.8, 4) is 0 Å². The summed E-state index contributed by atoms with van der Waals surface area (Å²) < 4.78 is 0. The number of nitrogens with one attached hydrogen (secondary N) is 1. The van der Waals surface area contributed by atoms with Crippen LogP contribution in [0.25, 0.3) is 0 Å². The third kappa shape index (κ3) is 3.70. The number of hydrogen-bond acceptors (Lipinski definition) is 3. The molecule has 1 aliphatic rings. The molecule has 1 rings (SSSR count). The molecule has 2 N–H and O–H groups in total. The van der Waals surface area contributed by atoms with E-state index >= 15 is 0 Å². The fourth-order valence-electron chi connectivity index (χ4n) is 2.20. The lowest BCUT2D eigenvalue weighted by Crippen LogP contribution is -2.48. The van der Waals surface area contributed by atoms with Gasteiger partial charge >= 0.3 is 5.97 Å². The molecular weight excluding hydrogens is 220 g/mol. The van der Waals surface area contributed by atoms with Crippen molar-refractivity contribution in [1.29, 1.82) is 0 Å². The number of carboxylic acids is 1. The van der Waals surface area contributed by atoms with Gasteiger partial charge in [0.2, 0.25) is 5.91 Å². The zero-order chi connectivity index (χ0) is 12.9. The van der Waals surface area contributed by atoms with Crippen molar-refractivity contribution in [2.75, 3.05) is 26.7 Å². The lowest BCUT2D eigenvalue weighted by atomic mass is 9.82. The number of nitrogens with zero attached hydrogens (tertiary/aromatic N) is 1. The molecule has 1 saturated heterocycles. The smallest absolute Gasteiger partial charge is 0.311 e. The van der Waals surface area contributed by atoms with Gasteiger partial charge in [-0.15, -0.1) is 0 Å². The van der Waals surface area contributed by atoms with E-state index in [4.69, 9.17) is 5.11 Å². The Morgan fingerprint density at radius 1 is 1.47 bits per heavy atom. The van der Waals surface area contributed by atoms with Gasteiger partial charge in [-0.05, 0) is 39.8 Å². The van der Waals surface area contributed by atoms with Gasteiger partial charge in [0.05, 0.1) is 5.41 Å². The normalized spacial score (nSPS) is 24.7. The quantitative estimate of drug-likeness (QED) is 0.696. The first-order chi connectivity index (χ1) is 7.99. The molecule has 0 bridgehead atoms. The number of aliphatic carboxylic acids is 1. The Morgan fingerprint density at radius 2 is 2.18 bits per heavy atom. The molecule has 0 saturated carbocycles. The standard InChI is InChI=1S/C12H22N2O3/c1-12(11(16)17)6-4-8-14(9-12)10(15)5-3-7-13-2/h13H,3-9H2,1-2H3,(H,16,17). The highest BCUT2D eigenvalue weighted by molar-refractivity contribution is 5.79. The molecule has 1 heterocycles. The molecule has 0 aromatic rings. The number of carbonyl (C=O) groups is 2. The largest absolute Gasteiger partial charge is 0.481 e. The first-order valence-electron chi connectivity index (χ1n) is 6.15. The number of rotatable bonds is 5. The van der Waals surface area contributed by atoms with Crippen LogP contribution in [-0.4, -0.2) is 48.6 Å². The summed E-state index contributed by atoms with van der Waals surface area (Å²) in [5.41, 5.74) is -0.767. The summed E-state index contributed by atoms with van der Waals surface area (Å²) in [6, 6.07) is 0. The Hall–Kier alpha value is -1.10. The molecule has 1 atom stereocenters. The van der Waals surface area contributed by atoms with Gasteiger partial charge in [0, 0.05) is 19.5 Å². The van der Waals surface area contributed by atoms with E-state index in [0.717, 1.165) is 19.4 Å². The number of likely N-dealkylation sites (tertiary alicyclic amines) is 1. The van der Waals surface area contributed by atoms with E-state index < -0.39 is 11.4 Å². The molecule has 0 aromatic heterocycles. The van der Waals surface area contributed by atoms with Gasteiger partial charge in [0.25, 0.3) is 0 Å². The van der Waals surface area contributed by atoms with E-state index in [1.807, 2.05) is 7.05 Å². The number of carboxylic acid groups (broad SMARTS) is 1. The van der Waals surface area contributed by atoms with Crippen LogP contribution in [0, 0.1) is 5.41 Å². The first kappa shape index (κ1) is 14.0. The predicted molar refractivity (Wildman–Crippen MR) is 64.7 cm³/mol. The zero-order valence-electron chi connectivity index (χ0n) is 10.7. The van der Waals surface area contributed by atoms with Crippen molar-refractivity contribution in [2.24, 2.45) is 5.41 Å². The van der Waals surface area contributed by atoms with Crippen LogP contribution in [0.2, 0.25) is 0 Å². The topological polar surface area (TPSA) is 69.6 Å². The molecule has 98 valence electrons. The van der Waals surface area contributed by atoms with Gasteiger partial charge in [-0.3, -0.25) is 9.59 Å². The Balaban J connectivity index is 2.49. The van der Waals surface area contributed by atoms with Gasteiger partial charge in [-0.25, -0.2) is 0 Å². The van der Waals surface area contributed by atoms with Crippen LogP contribution in [0.15, 0.2) is 0 Å². The Kier molecular flexibility index (Phi) is 4.93. The molecule has 0 radical (unpaired) electrons. The maximum atomic E-state index is 11.9. The molecule has 0 aromatic carbocycles. The summed E-state index contributed by atoms with van der Waals surface area (Å²) in [6.45, 7) is 3.58. The summed E-state index contributed by atoms with van der Waals surface area (Å²) in [4.78, 5) is 24.7. The fraction of sp³-hybridized carbons (Fsp3) is 0.833. The van der Waals surface area contributed by atoms with Gasteiger partial charge in [0.1, 0.15) is 0 Å². The van der Waals surface area contributed by atoms with Crippen LogP contribution < -0.4 is 5.32 Å². The minimum atomic E-state index is -0.801. The number of carbonyl (C=O) groups excluding carboxylic acids is 1. The van der Waals surface area contributed by atoms with Crippen LogP contribution in [0.4, 0.5) is 0 Å². The van der Waals surface area contributed by atoms with E-state index in [1.54, 1.807) is 11.8 Å². The number of piperidine rings is 1. The van der Waals surface area contributed by atoms with Crippen LogP contribution in [0.5, 0.6) is 0 Å². The van der Waals surface area contributed by atoms with Gasteiger partial charge in [0.15, 0.2) is 0 Å². The molecule has 0 spiro atoms. The fourth-order valence-corrected chi connectivity index (χ4v) is 2.20. The van der Waals surface area contributed by atoms with Crippen LogP contribution in [0.3, 0.4) is 0 Å². The summed E-state index contributed by atoms with van der Waals surface area (Å²) in [7, 11) is 1.85. The van der Waals surface area contributed by atoms with Crippen molar-refractivity contribution in [3.05, 3.63) is 0 Å². The first-order valence-corrected chi connectivity index (χ1v) is 6.15. The van der Waals surface area contributed by atoms with E-state index in [9.17, 15) is 9.59 Å². The maximum Gasteiger partial charge on any atom is 0.311 e. The molecule has 17 heavy (non-hydrogen) atoms. The van der Waals surface area contributed by atoms with E-state index in [-0.39, 0.29) is 5.91 Å². The average Bonchev–Trinajstić information content (AvgIpc) is 2.29. The van der Waals surface area contributed by atoms with Gasteiger partial charge in [-0.2, -0.15) is 0 Å². The second-order valence-electron chi connectivity index (χ2n) is 4.99. The molecule has 1 aliphatic heterocycles. The maximum absolute atomic E-state index is 11.9. The van der Waals surface area contributed by atoms with E-state index in [1.165, 1.54) is 0 Å². The van der Waals surface area contributed by atoms with Crippen molar-refractivity contribution in [3.63, 3.8) is 0 Å². The number of hydrogen-bond donors (Lipinski definition) is 2. The van der Waals surface area contributed by atoms with Crippen molar-refractivity contribution >= 4 is 11.9 Å². The SMILES string of the molecule is CNCCCC(=O)N1CCCC(C)(C(=O)O)C1. The third-order valence-corrected chi connectivity index (χ3v) is 3.38. The molecule has 5 nitrogen and oxygen atoms in total. The summed E-state index contributed by atoms with van der Waals surface area (Å²) >= 11 is 0. The number of amides is 1. The average molecular weight is 242 g/mol. The summed E-state index contributed by atoms with van der Waals surface area (Å²) in [5, 5.41) is 12.2. The second-order valence-corrected chi connectivity index (χ2v) is 4.99. The van der Waals surface area contributed by atoms with Crippen LogP contribution >= 0.6 is 0 Å². The van der Waals surface area contributed by atoms with Crippen molar-refractivity contribution in [1.82, 2.24) is 10.2 Å². The van der Waals surface area contributed by atoms with Crippen LogP contribution in [-0.2, 0) is 9.59 Å². The predicted octanol–water partition coefficient (Wildman–Crippen LogP) is 0.699. The molecule has 5 heteroatoms. The minimum absolute atomic E-state index is 0.0763. The summed E-state index contributed by atoms with van der Waals surface area (Å²) in [5.74, 6) is -0.724. The lowest BCUT2D eigenvalue weighted by Gasteiger charge is -2.37. The zero-order valence-corrected chi connectivity index (χ0v) is 10.7. The third-order valence-electron chi connectivity index (χ3n) is 3.38. The Bertz CT molecular complexity index is 293. The molecule has 1 amide bonds. The monoisotopic (exact) mass is 242 g/mol. The second kappa shape index (κ2) is 6.00. The van der Waals surface area contributed by atoms with Gasteiger partial charge in [-0.1, -0.05) is 0 Å². The van der Waals surface area contributed by atoms with Gasteiger partial charge < -0.3 is 15.3 Å². The molecule has 0 aliphatic carbocycles. The highest BCUT2D eigenvalue weighted by Crippen LogP contribution is 2.29. The lowest BCUT2D eigenvalue weighted by molar-refractivity contribution is -0.153. The Morgan fingerprint density at radius 3 is 2.76 bits per heavy atom. The molecular formula is C12H22N2O3. The van der Waals surface area contributed by atoms with Crippen molar-refractivity contribution in [2.45, 2.75) is 32.6 Å². The minimum Gasteiger partial charge on any atom is -0.481 e. The van der Waals surface area contributed by atoms with E-state index in [2.05, 4.69) is 5.32 Å². The summed E-state index contributed by atoms with van der Waals surface area (Å²) in [6.07, 6.45) is 2.73. The van der Waals surface area contributed by atoms with Crippen molar-refractivity contribution < 1.29 is 14.7 Å². The van der Waals surface area contributed by atoms with Crippen LogP contribution in [0.1, 0.15) is 32.6 Å².